The van der Waals surface area contributed by atoms with Crippen LogP contribution in [0.25, 0.3) is 0 Å². The Balaban J connectivity index is 1.25. The molecule has 2 saturated heterocycles. The molecule has 1 N–H and O–H groups in total. The number of morpholine rings is 1. The lowest BCUT2D eigenvalue weighted by Crippen LogP contribution is -2.48. The number of rotatable bonds is 2. The lowest BCUT2D eigenvalue weighted by Gasteiger charge is -2.27. The van der Waals surface area contributed by atoms with E-state index < -0.39 is 0 Å². The highest BCUT2D eigenvalue weighted by Crippen LogP contribution is 2.29. The van der Waals surface area contributed by atoms with E-state index in [1.807, 2.05) is 42.2 Å². The van der Waals surface area contributed by atoms with Crippen LogP contribution in [0.5, 0.6) is 11.5 Å². The molecular weight excluding hydrogens is 550 g/mol. The number of hydrogen-bond acceptors (Lipinski definition) is 8. The predicted octanol–water partition coefficient (Wildman–Crippen LogP) is 2.63. The number of carbonyl (C=O) groups is 3. The summed E-state index contributed by atoms with van der Waals surface area (Å²) in [5.41, 5.74) is 2.79. The first-order chi connectivity index (χ1) is 20.8. The van der Waals surface area contributed by atoms with E-state index in [4.69, 9.17) is 14.2 Å². The van der Waals surface area contributed by atoms with Gasteiger partial charge in [-0.2, -0.15) is 0 Å². The van der Waals surface area contributed by atoms with Gasteiger partial charge >= 0.3 is 0 Å². The number of fused-ring (bicyclic) bond motifs is 5. The van der Waals surface area contributed by atoms with Gasteiger partial charge in [0, 0.05) is 50.6 Å². The summed E-state index contributed by atoms with van der Waals surface area (Å²) in [5, 5.41) is 3.08. The highest BCUT2D eigenvalue weighted by Gasteiger charge is 2.36. The Hall–Kier alpha value is -4.48. The third-order valence-electron chi connectivity index (χ3n) is 7.98. The second-order valence-electron chi connectivity index (χ2n) is 11.1. The lowest BCUT2D eigenvalue weighted by molar-refractivity contribution is -0.123. The number of amides is 3. The van der Waals surface area contributed by atoms with Crippen LogP contribution in [0.2, 0.25) is 0 Å². The van der Waals surface area contributed by atoms with Crippen molar-refractivity contribution in [3.8, 4) is 11.5 Å². The van der Waals surface area contributed by atoms with Crippen molar-refractivity contribution < 1.29 is 28.6 Å². The molecule has 4 heterocycles. The molecule has 11 heteroatoms. The molecule has 0 saturated carbocycles. The summed E-state index contributed by atoms with van der Waals surface area (Å²) in [6, 6.07) is 16.1. The fourth-order valence-electron chi connectivity index (χ4n) is 5.57. The van der Waals surface area contributed by atoms with Crippen molar-refractivity contribution in [2.24, 2.45) is 0 Å². The van der Waals surface area contributed by atoms with E-state index in [1.165, 1.54) is 4.90 Å². The van der Waals surface area contributed by atoms with Gasteiger partial charge in [-0.15, -0.1) is 0 Å². The zero-order valence-corrected chi connectivity index (χ0v) is 24.3. The summed E-state index contributed by atoms with van der Waals surface area (Å²) in [6.07, 6.45) is 1.27. The SMILES string of the molecule is Cc1ccc2cc1Oc1cccc(c1)CO[C@H]1CN(c3cc(C(=O)N4CCOCC4)ccn3)C[C@@H]1NC(=O)CN(C)C2=O. The van der Waals surface area contributed by atoms with E-state index in [0.717, 1.165) is 11.1 Å². The second kappa shape index (κ2) is 12.4. The van der Waals surface area contributed by atoms with Gasteiger partial charge in [-0.25, -0.2) is 4.98 Å². The van der Waals surface area contributed by atoms with E-state index in [2.05, 4.69) is 10.3 Å². The molecule has 1 aromatic heterocycles. The zero-order chi connectivity index (χ0) is 29.9. The molecule has 0 aliphatic carbocycles. The van der Waals surface area contributed by atoms with Crippen LogP contribution in [0.4, 0.5) is 5.82 Å². The predicted molar refractivity (Wildman–Crippen MR) is 158 cm³/mol. The van der Waals surface area contributed by atoms with E-state index in [9.17, 15) is 14.4 Å². The molecule has 3 aliphatic heterocycles. The number of ether oxygens (including phenoxy) is 3. The standard InChI is InChI=1S/C32H35N5O6/c1-21-6-7-23-15-27(21)43-25-5-3-4-22(14-25)20-42-28-18-37(17-26(28)34-30(38)19-35(2)31(23)39)29-16-24(8-9-33-29)32(40)36-10-12-41-13-11-36/h3-9,14-16,26,28H,10-13,17-20H2,1-2H3,(H,34,38)/t26-,28-/m0/s1. The first-order valence-electron chi connectivity index (χ1n) is 14.5. The molecule has 3 aromatic rings. The Morgan fingerprint density at radius 2 is 1.86 bits per heavy atom. The Morgan fingerprint density at radius 3 is 2.70 bits per heavy atom. The van der Waals surface area contributed by atoms with Gasteiger partial charge in [-0.3, -0.25) is 14.4 Å². The van der Waals surface area contributed by atoms with Gasteiger partial charge in [0.05, 0.1) is 38.5 Å². The lowest BCUT2D eigenvalue weighted by atomic mass is 10.1. The van der Waals surface area contributed by atoms with Gasteiger partial charge in [0.2, 0.25) is 5.91 Å². The van der Waals surface area contributed by atoms with Crippen LogP contribution in [0.1, 0.15) is 31.8 Å². The van der Waals surface area contributed by atoms with Crippen molar-refractivity contribution in [2.75, 3.05) is 57.9 Å². The molecule has 3 amide bonds. The number of benzene rings is 2. The minimum absolute atomic E-state index is 0.0589. The number of aromatic nitrogens is 1. The molecule has 3 aliphatic rings. The van der Waals surface area contributed by atoms with Crippen molar-refractivity contribution >= 4 is 23.5 Å². The van der Waals surface area contributed by atoms with Crippen LogP contribution in [0.15, 0.2) is 60.8 Å². The maximum Gasteiger partial charge on any atom is 0.254 e. The number of pyridine rings is 1. The molecule has 4 bridgehead atoms. The van der Waals surface area contributed by atoms with Crippen LogP contribution in [-0.2, 0) is 20.9 Å². The maximum atomic E-state index is 13.2. The molecule has 0 unspecified atom stereocenters. The van der Waals surface area contributed by atoms with Gasteiger partial charge in [0.1, 0.15) is 17.3 Å². The average molecular weight is 586 g/mol. The van der Waals surface area contributed by atoms with Crippen molar-refractivity contribution in [3.63, 3.8) is 0 Å². The van der Waals surface area contributed by atoms with Crippen LogP contribution in [0, 0.1) is 6.92 Å². The fourth-order valence-corrected chi connectivity index (χ4v) is 5.57. The Kier molecular flexibility index (Phi) is 8.26. The summed E-state index contributed by atoms with van der Waals surface area (Å²) in [6.45, 7) is 5.16. The molecule has 11 nitrogen and oxygen atoms in total. The molecule has 2 aromatic carbocycles. The van der Waals surface area contributed by atoms with Crippen molar-refractivity contribution in [3.05, 3.63) is 83.0 Å². The molecule has 2 fully saturated rings. The largest absolute Gasteiger partial charge is 0.457 e. The number of hydrogen-bond donors (Lipinski definition) is 1. The van der Waals surface area contributed by atoms with Gasteiger partial charge in [-0.1, -0.05) is 18.2 Å². The molecule has 0 radical (unpaired) electrons. The number of likely N-dealkylation sites (N-methyl/N-ethyl adjacent to an activating group) is 1. The number of nitrogens with zero attached hydrogens (tertiary/aromatic N) is 4. The van der Waals surface area contributed by atoms with Gasteiger partial charge in [-0.05, 0) is 54.4 Å². The molecule has 2 atom stereocenters. The minimum Gasteiger partial charge on any atom is -0.457 e. The van der Waals surface area contributed by atoms with E-state index >= 15 is 0 Å². The maximum absolute atomic E-state index is 13.2. The third-order valence-corrected chi connectivity index (χ3v) is 7.98. The van der Waals surface area contributed by atoms with Crippen LogP contribution in [0.3, 0.4) is 0 Å². The smallest absolute Gasteiger partial charge is 0.254 e. The van der Waals surface area contributed by atoms with Crippen LogP contribution >= 0.6 is 0 Å². The first kappa shape index (κ1) is 28.6. The molecule has 6 rings (SSSR count). The first-order valence-corrected chi connectivity index (χ1v) is 14.5. The number of carbonyl (C=O) groups excluding carboxylic acids is 3. The van der Waals surface area contributed by atoms with Gasteiger partial charge < -0.3 is 34.2 Å². The number of aryl methyl sites for hydroxylation is 1. The molecule has 0 spiro atoms. The van der Waals surface area contributed by atoms with Crippen molar-refractivity contribution in [2.45, 2.75) is 25.7 Å². The van der Waals surface area contributed by atoms with Gasteiger partial charge in [0.15, 0.2) is 0 Å². The van der Waals surface area contributed by atoms with Crippen molar-refractivity contribution in [1.29, 1.82) is 0 Å². The summed E-state index contributed by atoms with van der Waals surface area (Å²) >= 11 is 0. The zero-order valence-electron chi connectivity index (χ0n) is 24.3. The Morgan fingerprint density at radius 1 is 1.02 bits per heavy atom. The monoisotopic (exact) mass is 585 g/mol. The topological polar surface area (TPSA) is 114 Å². The minimum atomic E-state index is -0.366. The highest BCUT2D eigenvalue weighted by molar-refractivity contribution is 5.97. The van der Waals surface area contributed by atoms with Crippen molar-refractivity contribution in [1.82, 2.24) is 20.1 Å². The molecule has 224 valence electrons. The van der Waals surface area contributed by atoms with E-state index in [1.54, 1.807) is 42.4 Å². The summed E-state index contributed by atoms with van der Waals surface area (Å²) in [4.78, 5) is 49.2. The third kappa shape index (κ3) is 6.47. The number of nitrogens with one attached hydrogen (secondary N) is 1. The summed E-state index contributed by atoms with van der Waals surface area (Å²) < 4.78 is 17.9. The van der Waals surface area contributed by atoms with E-state index in [0.29, 0.717) is 74.4 Å². The van der Waals surface area contributed by atoms with E-state index in [-0.39, 0.29) is 36.4 Å². The van der Waals surface area contributed by atoms with Crippen LogP contribution < -0.4 is 15.0 Å². The number of anilines is 1. The quantitative estimate of drug-likeness (QED) is 0.489. The fraction of sp³-hybridized carbons (Fsp3) is 0.375. The molecule has 43 heavy (non-hydrogen) atoms. The molecular formula is C32H35N5O6. The highest BCUT2D eigenvalue weighted by atomic mass is 16.5. The Labute approximate surface area is 250 Å². The Bertz CT molecular complexity index is 1520. The second-order valence-corrected chi connectivity index (χ2v) is 11.1. The summed E-state index contributed by atoms with van der Waals surface area (Å²) in [7, 11) is 1.60. The normalized spacial score (nSPS) is 21.2. The summed E-state index contributed by atoms with van der Waals surface area (Å²) in [5.74, 6) is 1.20. The average Bonchev–Trinajstić information content (AvgIpc) is 3.42. The van der Waals surface area contributed by atoms with Crippen LogP contribution in [-0.4, -0.2) is 97.6 Å². The van der Waals surface area contributed by atoms with Gasteiger partial charge in [0.25, 0.3) is 11.8 Å².